The molecule has 126 valence electrons. The average molecular weight is 315 g/mol. The molecule has 2 aliphatic heterocycles. The Hall–Kier alpha value is -1.35. The normalized spacial score (nSPS) is 26.3. The fraction of sp³-hybridized carbons (Fsp3) is 0.650. The fourth-order valence-electron chi connectivity index (χ4n) is 4.29. The van der Waals surface area contributed by atoms with Gasteiger partial charge in [-0.1, -0.05) is 43.7 Å². The first kappa shape index (κ1) is 16.5. The number of hydrogen-bond donors (Lipinski definition) is 0. The van der Waals surface area contributed by atoms with Crippen molar-refractivity contribution in [1.29, 1.82) is 0 Å². The second-order valence-corrected chi connectivity index (χ2v) is 7.00. The number of carbonyl (C=O) groups is 1. The van der Waals surface area contributed by atoms with Crippen LogP contribution in [0.15, 0.2) is 30.3 Å². The van der Waals surface area contributed by atoms with E-state index in [1.165, 1.54) is 45.2 Å². The predicted octanol–water partition coefficient (Wildman–Crippen LogP) is 3.99. The largest absolute Gasteiger partial charge is 0.465 e. The SMILES string of the molecule is CC[C@H](C(=O)OC[C@@H]1CCCN2CCCC[C@H]12)c1ccccc1. The third-order valence-corrected chi connectivity index (χ3v) is 5.56. The minimum atomic E-state index is -0.123. The lowest BCUT2D eigenvalue weighted by molar-refractivity contribution is -0.148. The standard InChI is InChI=1S/C20H29NO2/c1-2-18(16-9-4-3-5-10-16)20(22)23-15-17-11-8-14-21-13-7-6-12-19(17)21/h3-5,9-10,17-19H,2,6-8,11-15H2,1H3/t17-,18-,19+/m0/s1. The summed E-state index contributed by atoms with van der Waals surface area (Å²) in [4.78, 5) is 15.2. The van der Waals surface area contributed by atoms with Crippen molar-refractivity contribution in [3.05, 3.63) is 35.9 Å². The highest BCUT2D eigenvalue weighted by atomic mass is 16.5. The summed E-state index contributed by atoms with van der Waals surface area (Å²) in [5.41, 5.74) is 1.07. The maximum Gasteiger partial charge on any atom is 0.313 e. The predicted molar refractivity (Wildman–Crippen MR) is 92.4 cm³/mol. The van der Waals surface area contributed by atoms with Crippen molar-refractivity contribution < 1.29 is 9.53 Å². The molecule has 0 radical (unpaired) electrons. The molecule has 0 unspecified atom stereocenters. The molecular formula is C20H29NO2. The molecule has 23 heavy (non-hydrogen) atoms. The van der Waals surface area contributed by atoms with Crippen LogP contribution in [0.1, 0.15) is 56.9 Å². The van der Waals surface area contributed by atoms with E-state index >= 15 is 0 Å². The van der Waals surface area contributed by atoms with Crippen LogP contribution in [0.4, 0.5) is 0 Å². The lowest BCUT2D eigenvalue weighted by atomic mass is 9.84. The van der Waals surface area contributed by atoms with Gasteiger partial charge in [-0.3, -0.25) is 9.69 Å². The van der Waals surface area contributed by atoms with Crippen LogP contribution in [-0.4, -0.2) is 36.6 Å². The van der Waals surface area contributed by atoms with Gasteiger partial charge in [0.1, 0.15) is 0 Å². The van der Waals surface area contributed by atoms with Gasteiger partial charge < -0.3 is 4.74 Å². The van der Waals surface area contributed by atoms with Crippen molar-refractivity contribution >= 4 is 5.97 Å². The van der Waals surface area contributed by atoms with Gasteiger partial charge in [0.2, 0.25) is 0 Å². The summed E-state index contributed by atoms with van der Waals surface area (Å²) in [7, 11) is 0. The molecule has 2 fully saturated rings. The van der Waals surface area contributed by atoms with Gasteiger partial charge in [0.25, 0.3) is 0 Å². The zero-order valence-corrected chi connectivity index (χ0v) is 14.2. The molecule has 3 nitrogen and oxygen atoms in total. The van der Waals surface area contributed by atoms with Crippen LogP contribution >= 0.6 is 0 Å². The van der Waals surface area contributed by atoms with Crippen LogP contribution in [-0.2, 0) is 9.53 Å². The molecule has 2 aliphatic rings. The number of carbonyl (C=O) groups excluding carboxylic acids is 1. The van der Waals surface area contributed by atoms with Crippen molar-refractivity contribution in [2.75, 3.05) is 19.7 Å². The molecule has 0 aromatic heterocycles. The summed E-state index contributed by atoms with van der Waals surface area (Å²) in [6, 6.07) is 10.7. The summed E-state index contributed by atoms with van der Waals surface area (Å²) in [5, 5.41) is 0. The van der Waals surface area contributed by atoms with E-state index in [2.05, 4.69) is 11.8 Å². The topological polar surface area (TPSA) is 29.5 Å². The van der Waals surface area contributed by atoms with Crippen LogP contribution < -0.4 is 0 Å². The first-order valence-electron chi connectivity index (χ1n) is 9.25. The van der Waals surface area contributed by atoms with Crippen molar-refractivity contribution in [3.63, 3.8) is 0 Å². The molecule has 3 atom stereocenters. The van der Waals surface area contributed by atoms with Gasteiger partial charge in [0.05, 0.1) is 12.5 Å². The summed E-state index contributed by atoms with van der Waals surface area (Å²) < 4.78 is 5.77. The Bertz CT molecular complexity index is 500. The maximum absolute atomic E-state index is 12.5. The number of ether oxygens (including phenoxy) is 1. The highest BCUT2D eigenvalue weighted by molar-refractivity contribution is 5.78. The van der Waals surface area contributed by atoms with Gasteiger partial charge in [-0.15, -0.1) is 0 Å². The lowest BCUT2D eigenvalue weighted by Gasteiger charge is -2.44. The van der Waals surface area contributed by atoms with Crippen LogP contribution in [0, 0.1) is 5.92 Å². The van der Waals surface area contributed by atoms with Gasteiger partial charge >= 0.3 is 5.97 Å². The van der Waals surface area contributed by atoms with E-state index in [1.54, 1.807) is 0 Å². The van der Waals surface area contributed by atoms with Gasteiger partial charge in [-0.05, 0) is 50.8 Å². The molecule has 3 heteroatoms. The Morgan fingerprint density at radius 1 is 1.17 bits per heavy atom. The quantitative estimate of drug-likeness (QED) is 0.770. The van der Waals surface area contributed by atoms with Crippen LogP contribution in [0.3, 0.4) is 0 Å². The Balaban J connectivity index is 1.57. The summed E-state index contributed by atoms with van der Waals surface area (Å²) in [6.07, 6.45) is 7.18. The summed E-state index contributed by atoms with van der Waals surface area (Å²) >= 11 is 0. The molecule has 0 spiro atoms. The molecule has 0 saturated carbocycles. The van der Waals surface area contributed by atoms with E-state index in [-0.39, 0.29) is 11.9 Å². The van der Waals surface area contributed by atoms with E-state index in [0.717, 1.165) is 12.0 Å². The second-order valence-electron chi connectivity index (χ2n) is 7.00. The van der Waals surface area contributed by atoms with Crippen molar-refractivity contribution in [1.82, 2.24) is 4.90 Å². The van der Waals surface area contributed by atoms with Gasteiger partial charge in [-0.25, -0.2) is 0 Å². The number of rotatable bonds is 5. The van der Waals surface area contributed by atoms with Gasteiger partial charge in [0.15, 0.2) is 0 Å². The highest BCUT2D eigenvalue weighted by Crippen LogP contribution is 2.31. The molecule has 0 N–H and O–H groups in total. The summed E-state index contributed by atoms with van der Waals surface area (Å²) in [5.74, 6) is 0.357. The van der Waals surface area contributed by atoms with E-state index in [0.29, 0.717) is 18.6 Å². The first-order valence-corrected chi connectivity index (χ1v) is 9.25. The molecule has 3 rings (SSSR count). The van der Waals surface area contributed by atoms with Crippen LogP contribution in [0.5, 0.6) is 0 Å². The second kappa shape index (κ2) is 7.96. The highest BCUT2D eigenvalue weighted by Gasteiger charge is 2.34. The van der Waals surface area contributed by atoms with E-state index in [1.807, 2.05) is 30.3 Å². The van der Waals surface area contributed by atoms with Crippen LogP contribution in [0.2, 0.25) is 0 Å². The number of fused-ring (bicyclic) bond motifs is 1. The number of esters is 1. The minimum Gasteiger partial charge on any atom is -0.465 e. The van der Waals surface area contributed by atoms with Crippen molar-refractivity contribution in [2.24, 2.45) is 5.92 Å². The number of piperidine rings is 2. The number of nitrogens with zero attached hydrogens (tertiary/aromatic N) is 1. The van der Waals surface area contributed by atoms with E-state index in [4.69, 9.17) is 4.74 Å². The Morgan fingerprint density at radius 2 is 1.96 bits per heavy atom. The van der Waals surface area contributed by atoms with Gasteiger partial charge in [-0.2, -0.15) is 0 Å². The van der Waals surface area contributed by atoms with E-state index < -0.39 is 0 Å². The molecule has 2 saturated heterocycles. The molecule has 2 heterocycles. The van der Waals surface area contributed by atoms with Gasteiger partial charge in [0, 0.05) is 12.0 Å². The molecular weight excluding hydrogens is 286 g/mol. The third kappa shape index (κ3) is 3.95. The molecule has 0 amide bonds. The van der Waals surface area contributed by atoms with Crippen molar-refractivity contribution in [3.8, 4) is 0 Å². The maximum atomic E-state index is 12.5. The van der Waals surface area contributed by atoms with Crippen LogP contribution in [0.25, 0.3) is 0 Å². The zero-order valence-electron chi connectivity index (χ0n) is 14.2. The number of hydrogen-bond acceptors (Lipinski definition) is 3. The van der Waals surface area contributed by atoms with Crippen molar-refractivity contribution in [2.45, 2.75) is 57.4 Å². The lowest BCUT2D eigenvalue weighted by Crippen LogP contribution is -2.49. The molecule has 1 aromatic carbocycles. The minimum absolute atomic E-state index is 0.0494. The third-order valence-electron chi connectivity index (χ3n) is 5.56. The smallest absolute Gasteiger partial charge is 0.313 e. The monoisotopic (exact) mass is 315 g/mol. The first-order chi connectivity index (χ1) is 11.3. The van der Waals surface area contributed by atoms with E-state index in [9.17, 15) is 4.79 Å². The molecule has 0 aliphatic carbocycles. The summed E-state index contributed by atoms with van der Waals surface area (Å²) in [6.45, 7) is 5.12. The zero-order chi connectivity index (χ0) is 16.1. The average Bonchev–Trinajstić information content (AvgIpc) is 2.61. The molecule has 1 aromatic rings. The Morgan fingerprint density at radius 3 is 2.74 bits per heavy atom. The molecule has 0 bridgehead atoms. The Kier molecular flexibility index (Phi) is 5.71. The number of benzene rings is 1. The fourth-order valence-corrected chi connectivity index (χ4v) is 4.29. The Labute approximate surface area is 140 Å².